The molecule has 0 aliphatic carbocycles. The normalized spacial score (nSPS) is 11.3. The second kappa shape index (κ2) is 9.02. The van der Waals surface area contributed by atoms with Gasteiger partial charge in [-0.15, -0.1) is 24.0 Å². The molecule has 0 atom stereocenters. The van der Waals surface area contributed by atoms with Crippen LogP contribution in [0.25, 0.3) is 11.0 Å². The molecule has 1 heterocycles. The molecule has 0 aliphatic rings. The zero-order chi connectivity index (χ0) is 17.8. The third-order valence-electron chi connectivity index (χ3n) is 4.46. The van der Waals surface area contributed by atoms with Crippen LogP contribution in [0.5, 0.6) is 0 Å². The number of guanidine groups is 1. The molecule has 0 aliphatic heterocycles. The van der Waals surface area contributed by atoms with E-state index in [-0.39, 0.29) is 24.0 Å². The van der Waals surface area contributed by atoms with E-state index in [2.05, 4.69) is 63.3 Å². The van der Waals surface area contributed by atoms with Crippen LogP contribution in [0.1, 0.15) is 22.5 Å². The highest BCUT2D eigenvalue weighted by atomic mass is 127. The number of halogens is 1. The first-order valence-corrected chi connectivity index (χ1v) is 8.49. The number of aliphatic imine (C=N–C) groups is 1. The lowest BCUT2D eigenvalue weighted by molar-refractivity contribution is 0.736. The first-order valence-electron chi connectivity index (χ1n) is 8.49. The van der Waals surface area contributed by atoms with Crippen LogP contribution in [0, 0.1) is 13.8 Å². The van der Waals surface area contributed by atoms with Gasteiger partial charge in [-0.3, -0.25) is 4.99 Å². The molecule has 5 nitrogen and oxygen atoms in total. The number of nitrogens with one attached hydrogen (secondary N) is 2. The van der Waals surface area contributed by atoms with Gasteiger partial charge in [0.05, 0.1) is 17.6 Å². The van der Waals surface area contributed by atoms with Crippen LogP contribution in [-0.4, -0.2) is 22.6 Å². The summed E-state index contributed by atoms with van der Waals surface area (Å²) in [5, 5.41) is 6.72. The predicted molar refractivity (Wildman–Crippen MR) is 119 cm³/mol. The summed E-state index contributed by atoms with van der Waals surface area (Å²) in [5.74, 6) is 1.75. The summed E-state index contributed by atoms with van der Waals surface area (Å²) in [7, 11) is 3.82. The first-order chi connectivity index (χ1) is 12.1. The van der Waals surface area contributed by atoms with E-state index in [0.717, 1.165) is 29.4 Å². The number of aromatic nitrogens is 2. The predicted octanol–water partition coefficient (Wildman–Crippen LogP) is 3.67. The Morgan fingerprint density at radius 3 is 2.50 bits per heavy atom. The van der Waals surface area contributed by atoms with Crippen LogP contribution in [0.15, 0.2) is 47.5 Å². The quantitative estimate of drug-likeness (QED) is 0.353. The lowest BCUT2D eigenvalue weighted by atomic mass is 10.1. The number of hydrogen-bond donors (Lipinski definition) is 2. The number of fused-ring (bicyclic) bond motifs is 1. The van der Waals surface area contributed by atoms with E-state index in [1.54, 1.807) is 7.05 Å². The van der Waals surface area contributed by atoms with E-state index < -0.39 is 0 Å². The van der Waals surface area contributed by atoms with Crippen LogP contribution in [0.3, 0.4) is 0 Å². The average molecular weight is 463 g/mol. The van der Waals surface area contributed by atoms with Gasteiger partial charge in [-0.2, -0.15) is 0 Å². The van der Waals surface area contributed by atoms with Gasteiger partial charge >= 0.3 is 0 Å². The van der Waals surface area contributed by atoms with Gasteiger partial charge in [0.2, 0.25) is 0 Å². The second-order valence-corrected chi connectivity index (χ2v) is 6.29. The maximum Gasteiger partial charge on any atom is 0.191 e. The van der Waals surface area contributed by atoms with Crippen LogP contribution in [0.2, 0.25) is 0 Å². The van der Waals surface area contributed by atoms with Crippen molar-refractivity contribution in [2.24, 2.45) is 12.0 Å². The standard InChI is InChI=1S/C20H25N5.HI/c1-14-9-10-16(15(2)11-14)12-22-20(21-3)23-13-19-24-17-7-5-6-8-18(17)25(19)4;/h5-11H,12-13H2,1-4H3,(H2,21,22,23);1H. The Morgan fingerprint density at radius 2 is 1.81 bits per heavy atom. The van der Waals surface area contributed by atoms with E-state index in [1.807, 2.05) is 25.2 Å². The molecule has 3 aromatic rings. The zero-order valence-electron chi connectivity index (χ0n) is 15.7. The molecule has 0 radical (unpaired) electrons. The zero-order valence-corrected chi connectivity index (χ0v) is 18.0. The Hall–Kier alpha value is -2.09. The smallest absolute Gasteiger partial charge is 0.191 e. The summed E-state index contributed by atoms with van der Waals surface area (Å²) >= 11 is 0. The molecular weight excluding hydrogens is 437 g/mol. The van der Waals surface area contributed by atoms with E-state index in [4.69, 9.17) is 0 Å². The lowest BCUT2D eigenvalue weighted by Gasteiger charge is -2.13. The summed E-state index contributed by atoms with van der Waals surface area (Å²) in [6.45, 7) is 5.62. The molecule has 0 fully saturated rings. The lowest BCUT2D eigenvalue weighted by Crippen LogP contribution is -2.37. The van der Waals surface area contributed by atoms with Crippen molar-refractivity contribution in [1.82, 2.24) is 20.2 Å². The van der Waals surface area contributed by atoms with Crippen LogP contribution in [0.4, 0.5) is 0 Å². The number of imidazole rings is 1. The number of aryl methyl sites for hydroxylation is 3. The molecule has 1 aromatic heterocycles. The minimum Gasteiger partial charge on any atom is -0.352 e. The number of benzene rings is 2. The largest absolute Gasteiger partial charge is 0.352 e. The molecule has 2 N–H and O–H groups in total. The fourth-order valence-corrected chi connectivity index (χ4v) is 2.96. The Labute approximate surface area is 172 Å². The van der Waals surface area contributed by atoms with Gasteiger partial charge < -0.3 is 15.2 Å². The molecule has 0 unspecified atom stereocenters. The highest BCUT2D eigenvalue weighted by Gasteiger charge is 2.08. The van der Waals surface area contributed by atoms with Gasteiger partial charge in [-0.05, 0) is 37.1 Å². The molecule has 3 rings (SSSR count). The van der Waals surface area contributed by atoms with Crippen molar-refractivity contribution in [3.8, 4) is 0 Å². The minimum absolute atomic E-state index is 0. The third kappa shape index (κ3) is 4.55. The number of para-hydroxylation sites is 2. The fraction of sp³-hybridized carbons (Fsp3) is 0.300. The Morgan fingerprint density at radius 1 is 1.08 bits per heavy atom. The highest BCUT2D eigenvalue weighted by Crippen LogP contribution is 2.14. The van der Waals surface area contributed by atoms with Crippen LogP contribution >= 0.6 is 24.0 Å². The summed E-state index contributed by atoms with van der Waals surface area (Å²) in [6.07, 6.45) is 0. The molecule has 0 spiro atoms. The van der Waals surface area contributed by atoms with Crippen LogP contribution < -0.4 is 10.6 Å². The van der Waals surface area contributed by atoms with Gasteiger partial charge in [0.15, 0.2) is 5.96 Å². The number of nitrogens with zero attached hydrogens (tertiary/aromatic N) is 3. The number of hydrogen-bond acceptors (Lipinski definition) is 2. The Kier molecular flexibility index (Phi) is 7.02. The molecular formula is C20H26IN5. The summed E-state index contributed by atoms with van der Waals surface area (Å²) in [6, 6.07) is 14.7. The van der Waals surface area contributed by atoms with E-state index in [9.17, 15) is 0 Å². The number of rotatable bonds is 4. The van der Waals surface area contributed by atoms with Gasteiger partial charge in [0.25, 0.3) is 0 Å². The Balaban J connectivity index is 0.00000243. The van der Waals surface area contributed by atoms with Gasteiger partial charge in [0.1, 0.15) is 5.82 Å². The molecule has 138 valence electrons. The fourth-order valence-electron chi connectivity index (χ4n) is 2.96. The molecule has 0 saturated carbocycles. The summed E-state index contributed by atoms with van der Waals surface area (Å²) < 4.78 is 2.11. The molecule has 0 amide bonds. The summed E-state index contributed by atoms with van der Waals surface area (Å²) in [4.78, 5) is 8.98. The van der Waals surface area contributed by atoms with Crippen molar-refractivity contribution in [3.63, 3.8) is 0 Å². The van der Waals surface area contributed by atoms with Gasteiger partial charge in [0, 0.05) is 20.6 Å². The summed E-state index contributed by atoms with van der Waals surface area (Å²) in [5.41, 5.74) is 6.00. The van der Waals surface area contributed by atoms with E-state index in [0.29, 0.717) is 6.54 Å². The topological polar surface area (TPSA) is 54.2 Å². The maximum absolute atomic E-state index is 4.68. The van der Waals surface area contributed by atoms with Crippen LogP contribution in [-0.2, 0) is 20.1 Å². The third-order valence-corrected chi connectivity index (χ3v) is 4.46. The maximum atomic E-state index is 4.68. The van der Waals surface area contributed by atoms with Crippen molar-refractivity contribution in [3.05, 3.63) is 65.0 Å². The molecule has 2 aromatic carbocycles. The van der Waals surface area contributed by atoms with E-state index >= 15 is 0 Å². The van der Waals surface area contributed by atoms with Crippen molar-refractivity contribution >= 4 is 41.0 Å². The SMILES string of the molecule is CN=C(NCc1ccc(C)cc1C)NCc1nc2ccccc2n1C.I. The second-order valence-electron chi connectivity index (χ2n) is 6.29. The molecule has 0 bridgehead atoms. The minimum atomic E-state index is 0. The van der Waals surface area contributed by atoms with Crippen molar-refractivity contribution in [2.45, 2.75) is 26.9 Å². The van der Waals surface area contributed by atoms with Gasteiger partial charge in [-0.1, -0.05) is 35.9 Å². The average Bonchev–Trinajstić information content (AvgIpc) is 2.93. The monoisotopic (exact) mass is 463 g/mol. The van der Waals surface area contributed by atoms with Crippen molar-refractivity contribution < 1.29 is 0 Å². The first kappa shape index (κ1) is 20.2. The van der Waals surface area contributed by atoms with Crippen molar-refractivity contribution in [2.75, 3.05) is 7.05 Å². The highest BCUT2D eigenvalue weighted by molar-refractivity contribution is 14.0. The molecule has 26 heavy (non-hydrogen) atoms. The van der Waals surface area contributed by atoms with E-state index in [1.165, 1.54) is 16.7 Å². The van der Waals surface area contributed by atoms with Crippen molar-refractivity contribution in [1.29, 1.82) is 0 Å². The molecule has 0 saturated heterocycles. The molecule has 6 heteroatoms. The Bertz CT molecular complexity index is 914. The van der Waals surface area contributed by atoms with Gasteiger partial charge in [-0.25, -0.2) is 4.98 Å².